The van der Waals surface area contributed by atoms with Gasteiger partial charge in [-0.25, -0.2) is 0 Å². The van der Waals surface area contributed by atoms with Crippen molar-refractivity contribution in [3.63, 3.8) is 0 Å². The first-order valence-electron chi connectivity index (χ1n) is 11.6. The van der Waals surface area contributed by atoms with Crippen LogP contribution in [0.5, 0.6) is 11.5 Å². The van der Waals surface area contributed by atoms with Gasteiger partial charge in [0, 0.05) is 31.0 Å². The van der Waals surface area contributed by atoms with Crippen LogP contribution in [0.25, 0.3) is 16.8 Å². The molecule has 0 N–H and O–H groups in total. The van der Waals surface area contributed by atoms with Crippen molar-refractivity contribution < 1.29 is 19.1 Å². The van der Waals surface area contributed by atoms with E-state index in [9.17, 15) is 9.59 Å². The summed E-state index contributed by atoms with van der Waals surface area (Å²) >= 11 is 16.6. The maximum Gasteiger partial charge on any atom is 0.293 e. The summed E-state index contributed by atoms with van der Waals surface area (Å²) < 4.78 is 12.8. The molecule has 0 aliphatic carbocycles. The Balaban J connectivity index is 1.28. The van der Waals surface area contributed by atoms with E-state index < -0.39 is 0 Å². The maximum absolute atomic E-state index is 13.1. The molecule has 0 spiro atoms. The van der Waals surface area contributed by atoms with Gasteiger partial charge in [-0.15, -0.1) is 0 Å². The van der Waals surface area contributed by atoms with E-state index in [1.165, 1.54) is 4.90 Å². The highest BCUT2D eigenvalue weighted by Gasteiger charge is 2.35. The molecule has 5 rings (SSSR count). The van der Waals surface area contributed by atoms with Gasteiger partial charge in [0.05, 0.1) is 11.4 Å². The van der Waals surface area contributed by atoms with Gasteiger partial charge in [-0.1, -0.05) is 81.6 Å². The van der Waals surface area contributed by atoms with Crippen LogP contribution in [0.2, 0.25) is 10.0 Å². The van der Waals surface area contributed by atoms with E-state index in [4.69, 9.17) is 32.7 Å². The van der Waals surface area contributed by atoms with Crippen LogP contribution in [0, 0.1) is 0 Å². The van der Waals surface area contributed by atoms with E-state index in [1.807, 2.05) is 54.6 Å². The Kier molecular flexibility index (Phi) is 8.29. The molecule has 9 heteroatoms. The highest BCUT2D eigenvalue weighted by Crippen LogP contribution is 2.35. The van der Waals surface area contributed by atoms with Crippen molar-refractivity contribution in [2.45, 2.75) is 6.61 Å². The number of imide groups is 1. The summed E-state index contributed by atoms with van der Waals surface area (Å²) in [5.41, 5.74) is 1.43. The third-order valence-electron chi connectivity index (χ3n) is 5.85. The van der Waals surface area contributed by atoms with E-state index >= 15 is 0 Å². The Labute approximate surface area is 242 Å². The summed E-state index contributed by atoms with van der Waals surface area (Å²) in [5.74, 6) is 0.890. The molecule has 1 aliphatic heterocycles. The first kappa shape index (κ1) is 26.6. The minimum absolute atomic E-state index is 0.141. The van der Waals surface area contributed by atoms with Crippen LogP contribution >= 0.6 is 50.9 Å². The lowest BCUT2D eigenvalue weighted by Crippen LogP contribution is -2.32. The Bertz CT molecular complexity index is 1570. The SMILES string of the molecule is O=C1S/C(=C\c2cc(Br)ccc2OCc2ccc(Cl)cc2Cl)C(=O)N1CCOc1cccc2ccccc12. The first-order valence-corrected chi connectivity index (χ1v) is 14.0. The van der Waals surface area contributed by atoms with Gasteiger partial charge < -0.3 is 9.47 Å². The molecule has 0 unspecified atom stereocenters. The minimum atomic E-state index is -0.367. The van der Waals surface area contributed by atoms with Crippen LogP contribution < -0.4 is 9.47 Å². The molecule has 4 aromatic rings. The summed E-state index contributed by atoms with van der Waals surface area (Å²) in [6.07, 6.45) is 1.67. The van der Waals surface area contributed by atoms with Crippen molar-refractivity contribution in [1.82, 2.24) is 4.90 Å². The Morgan fingerprint density at radius 3 is 2.55 bits per heavy atom. The second-order valence-corrected chi connectivity index (χ2v) is 11.1. The summed E-state index contributed by atoms with van der Waals surface area (Å²) in [7, 11) is 0. The number of fused-ring (bicyclic) bond motifs is 1. The lowest BCUT2D eigenvalue weighted by atomic mass is 10.1. The number of rotatable bonds is 8. The van der Waals surface area contributed by atoms with Crippen LogP contribution in [0.4, 0.5) is 4.79 Å². The third-order valence-corrected chi connectivity index (χ3v) is 7.84. The number of thioether (sulfide) groups is 1. The number of amides is 2. The van der Waals surface area contributed by atoms with Gasteiger partial charge in [0.15, 0.2) is 0 Å². The van der Waals surface area contributed by atoms with Gasteiger partial charge in [-0.05, 0) is 59.6 Å². The normalized spacial score (nSPS) is 14.5. The monoisotopic (exact) mass is 627 g/mol. The zero-order valence-electron chi connectivity index (χ0n) is 19.8. The molecule has 5 nitrogen and oxygen atoms in total. The predicted molar refractivity (Wildman–Crippen MR) is 157 cm³/mol. The zero-order chi connectivity index (χ0) is 26.6. The molecular formula is C29H20BrCl2NO4S. The number of benzene rings is 4. The van der Waals surface area contributed by atoms with Gasteiger partial charge in [0.2, 0.25) is 0 Å². The summed E-state index contributed by atoms with van der Waals surface area (Å²) in [6.45, 7) is 0.542. The molecule has 0 radical (unpaired) electrons. The second-order valence-electron chi connectivity index (χ2n) is 8.37. The maximum atomic E-state index is 13.1. The number of ether oxygens (including phenoxy) is 2. The van der Waals surface area contributed by atoms with Crippen molar-refractivity contribution in [3.05, 3.63) is 109 Å². The van der Waals surface area contributed by atoms with Gasteiger partial charge in [0.1, 0.15) is 24.7 Å². The van der Waals surface area contributed by atoms with E-state index in [2.05, 4.69) is 15.9 Å². The molecule has 4 aromatic carbocycles. The second kappa shape index (κ2) is 11.8. The van der Waals surface area contributed by atoms with Crippen LogP contribution in [0.15, 0.2) is 88.2 Å². The summed E-state index contributed by atoms with van der Waals surface area (Å²) in [5, 5.41) is 2.74. The number of hydrogen-bond donors (Lipinski definition) is 0. The van der Waals surface area contributed by atoms with Gasteiger partial charge in [0.25, 0.3) is 11.1 Å². The molecule has 2 amide bonds. The molecule has 192 valence electrons. The lowest BCUT2D eigenvalue weighted by molar-refractivity contribution is -0.123. The predicted octanol–water partition coefficient (Wildman–Crippen LogP) is 8.60. The number of hydrogen-bond acceptors (Lipinski definition) is 5. The van der Waals surface area contributed by atoms with Crippen LogP contribution in [-0.2, 0) is 11.4 Å². The van der Waals surface area contributed by atoms with Crippen molar-refractivity contribution in [2.24, 2.45) is 0 Å². The zero-order valence-corrected chi connectivity index (χ0v) is 23.7. The molecule has 1 fully saturated rings. The topological polar surface area (TPSA) is 55.8 Å². The highest BCUT2D eigenvalue weighted by molar-refractivity contribution is 9.10. The molecule has 1 aliphatic rings. The minimum Gasteiger partial charge on any atom is -0.491 e. The van der Waals surface area contributed by atoms with Crippen LogP contribution in [0.1, 0.15) is 11.1 Å². The summed E-state index contributed by atoms with van der Waals surface area (Å²) in [4.78, 5) is 27.3. The first-order chi connectivity index (χ1) is 18.4. The highest BCUT2D eigenvalue weighted by atomic mass is 79.9. The van der Waals surface area contributed by atoms with Gasteiger partial charge in [-0.3, -0.25) is 14.5 Å². The van der Waals surface area contributed by atoms with E-state index in [-0.39, 0.29) is 30.9 Å². The molecule has 0 saturated carbocycles. The average Bonchev–Trinajstić information content (AvgIpc) is 3.16. The Morgan fingerprint density at radius 1 is 0.895 bits per heavy atom. The fourth-order valence-corrected chi connectivity index (χ4v) is 5.66. The largest absolute Gasteiger partial charge is 0.491 e. The molecule has 0 aromatic heterocycles. The Morgan fingerprint density at radius 2 is 1.71 bits per heavy atom. The molecular weight excluding hydrogens is 609 g/mol. The van der Waals surface area contributed by atoms with Crippen LogP contribution in [-0.4, -0.2) is 29.2 Å². The van der Waals surface area contributed by atoms with Crippen molar-refractivity contribution in [2.75, 3.05) is 13.2 Å². The van der Waals surface area contributed by atoms with E-state index in [0.717, 1.165) is 32.6 Å². The molecule has 38 heavy (non-hydrogen) atoms. The lowest BCUT2D eigenvalue weighted by Gasteiger charge is -2.14. The molecule has 0 bridgehead atoms. The standard InChI is InChI=1S/C29H20BrCl2NO4S/c30-21-9-11-25(37-17-19-8-10-22(31)16-24(19)32)20(14-21)15-27-28(34)33(29(35)38-27)12-13-36-26-7-3-5-18-4-1-2-6-23(18)26/h1-11,14-16H,12-13,17H2/b27-15-. The quantitative estimate of drug-likeness (QED) is 0.183. The fourth-order valence-electron chi connectivity index (χ4n) is 3.96. The average molecular weight is 629 g/mol. The Hall–Kier alpha value is -2.97. The number of nitrogens with zero attached hydrogens (tertiary/aromatic N) is 1. The van der Waals surface area contributed by atoms with Crippen molar-refractivity contribution in [3.8, 4) is 11.5 Å². The van der Waals surface area contributed by atoms with Crippen molar-refractivity contribution in [1.29, 1.82) is 0 Å². The van der Waals surface area contributed by atoms with Gasteiger partial charge in [-0.2, -0.15) is 0 Å². The molecule has 1 heterocycles. The van der Waals surface area contributed by atoms with Crippen LogP contribution in [0.3, 0.4) is 0 Å². The summed E-state index contributed by atoms with van der Waals surface area (Å²) in [6, 6.07) is 24.4. The van der Waals surface area contributed by atoms with E-state index in [0.29, 0.717) is 32.0 Å². The molecule has 0 atom stereocenters. The molecule has 1 saturated heterocycles. The fraction of sp³-hybridized carbons (Fsp3) is 0.103. The number of halogens is 3. The van der Waals surface area contributed by atoms with Gasteiger partial charge >= 0.3 is 0 Å². The number of carbonyl (C=O) groups is 2. The van der Waals surface area contributed by atoms with E-state index in [1.54, 1.807) is 30.3 Å². The number of carbonyl (C=O) groups excluding carboxylic acids is 2. The smallest absolute Gasteiger partial charge is 0.293 e. The third kappa shape index (κ3) is 6.02. The van der Waals surface area contributed by atoms with Crippen molar-refractivity contribution >= 4 is 78.9 Å².